The molecule has 6 atom stereocenters. The molecule has 264 valence electrons. The number of hydrogen-bond acceptors (Lipinski definition) is 7. The Morgan fingerprint density at radius 2 is 1.67 bits per heavy atom. The maximum Gasteiger partial charge on any atom is 1.00 e. The smallest absolute Gasteiger partial charge is 0.874 e. The van der Waals surface area contributed by atoms with E-state index in [1.807, 2.05) is 54.6 Å². The van der Waals surface area contributed by atoms with Gasteiger partial charge in [0.25, 0.3) is 0 Å². The predicted molar refractivity (Wildman–Crippen MR) is 189 cm³/mol. The number of benzene rings is 2. The van der Waals surface area contributed by atoms with Gasteiger partial charge in [0.05, 0.1) is 25.4 Å². The van der Waals surface area contributed by atoms with Crippen LogP contribution in [-0.2, 0) is 34.7 Å². The minimum absolute atomic E-state index is 0. The minimum atomic E-state index is -2.02. The molecule has 1 saturated heterocycles. The summed E-state index contributed by atoms with van der Waals surface area (Å²) in [5, 5.41) is 14.0. The standard InChI is InChI=1S/C40H58O7Si.K/c1-38(2,3)48(7,8)46-24-23-35-40(45-26-29-15-11-9-12-16-29,27-43-37(47-35)30-17-13-10-14-18-30)32-20-22-34(41)36(44-28-42-6)33-21-19-31(25-32)39(33,4)5;/h9-18,22,25,32-33,35-37,41H,19-21,23-24,26-28H2,1-8H3;/q;+1/p-1/b31-25-,34-22+;/t32-,33-,35+,36-,37-,40-;/m1./s1. The summed E-state index contributed by atoms with van der Waals surface area (Å²) in [7, 11) is -0.425. The molecule has 1 heterocycles. The number of fused-ring (bicyclic) bond motifs is 2. The van der Waals surface area contributed by atoms with Crippen LogP contribution in [0.4, 0.5) is 0 Å². The summed E-state index contributed by atoms with van der Waals surface area (Å²) in [4.78, 5) is 0. The third kappa shape index (κ3) is 9.47. The normalized spacial score (nSPS) is 30.9. The van der Waals surface area contributed by atoms with E-state index in [1.165, 1.54) is 5.57 Å². The van der Waals surface area contributed by atoms with E-state index in [4.69, 9.17) is 28.1 Å². The summed E-state index contributed by atoms with van der Waals surface area (Å²) < 4.78 is 38.9. The Morgan fingerprint density at radius 3 is 2.33 bits per heavy atom. The maximum absolute atomic E-state index is 13.9. The third-order valence-corrected chi connectivity index (χ3v) is 16.0. The Kier molecular flexibility index (Phi) is 14.6. The van der Waals surface area contributed by atoms with E-state index in [0.717, 1.165) is 24.0 Å². The molecule has 1 aliphatic heterocycles. The molecule has 1 saturated carbocycles. The van der Waals surface area contributed by atoms with Crippen molar-refractivity contribution < 1.29 is 84.6 Å². The van der Waals surface area contributed by atoms with Crippen molar-refractivity contribution in [3.63, 3.8) is 0 Å². The van der Waals surface area contributed by atoms with Crippen LogP contribution in [0.15, 0.2) is 84.1 Å². The molecule has 0 amide bonds. The predicted octanol–water partition coefficient (Wildman–Crippen LogP) is 5.09. The van der Waals surface area contributed by atoms with Crippen molar-refractivity contribution in [2.45, 2.75) is 109 Å². The van der Waals surface area contributed by atoms with Crippen LogP contribution in [0.25, 0.3) is 0 Å². The zero-order valence-corrected chi connectivity index (χ0v) is 35.5. The zero-order chi connectivity index (χ0) is 34.6. The molecule has 9 heteroatoms. The summed E-state index contributed by atoms with van der Waals surface area (Å²) >= 11 is 0. The van der Waals surface area contributed by atoms with E-state index in [0.29, 0.717) is 32.7 Å². The van der Waals surface area contributed by atoms with Crippen LogP contribution in [0.5, 0.6) is 0 Å². The first kappa shape index (κ1) is 41.1. The molecule has 2 aromatic carbocycles. The molecular weight excluding hydrogens is 660 g/mol. The summed E-state index contributed by atoms with van der Waals surface area (Å²) in [5.74, 6) is -0.130. The van der Waals surface area contributed by atoms with Gasteiger partial charge in [-0.15, -0.1) is 5.76 Å². The van der Waals surface area contributed by atoms with Crippen LogP contribution in [0.2, 0.25) is 18.1 Å². The number of rotatable bonds is 12. The summed E-state index contributed by atoms with van der Waals surface area (Å²) in [6, 6.07) is 20.4. The number of allylic oxidation sites excluding steroid dienone is 2. The van der Waals surface area contributed by atoms with Crippen LogP contribution >= 0.6 is 0 Å². The van der Waals surface area contributed by atoms with Crippen molar-refractivity contribution >= 4 is 8.32 Å². The van der Waals surface area contributed by atoms with Gasteiger partial charge >= 0.3 is 51.4 Å². The van der Waals surface area contributed by atoms with E-state index < -0.39 is 26.3 Å². The first-order valence-corrected chi connectivity index (χ1v) is 20.5. The summed E-state index contributed by atoms with van der Waals surface area (Å²) in [6.07, 6.45) is 5.65. The van der Waals surface area contributed by atoms with Crippen LogP contribution in [0, 0.1) is 17.3 Å². The van der Waals surface area contributed by atoms with Gasteiger partial charge in [0, 0.05) is 25.2 Å². The van der Waals surface area contributed by atoms with E-state index in [-0.39, 0.29) is 92.3 Å². The fraction of sp³-hybridized carbons (Fsp3) is 0.600. The molecule has 2 fully saturated rings. The first-order valence-electron chi connectivity index (χ1n) is 17.6. The second-order valence-electron chi connectivity index (χ2n) is 15.8. The molecule has 0 spiro atoms. The van der Waals surface area contributed by atoms with Crippen LogP contribution in [0.3, 0.4) is 0 Å². The summed E-state index contributed by atoms with van der Waals surface area (Å²) in [6.45, 7) is 17.2. The van der Waals surface area contributed by atoms with Gasteiger partial charge < -0.3 is 33.2 Å². The molecule has 2 aromatic rings. The third-order valence-electron chi connectivity index (χ3n) is 11.5. The average molecular weight is 717 g/mol. The van der Waals surface area contributed by atoms with Crippen molar-refractivity contribution in [1.29, 1.82) is 0 Å². The molecule has 5 rings (SSSR count). The average Bonchev–Trinajstić information content (AvgIpc) is 3.36. The fourth-order valence-electron chi connectivity index (χ4n) is 7.33. The van der Waals surface area contributed by atoms with Crippen molar-refractivity contribution in [1.82, 2.24) is 0 Å². The minimum Gasteiger partial charge on any atom is -0.874 e. The molecule has 3 aliphatic rings. The van der Waals surface area contributed by atoms with Crippen molar-refractivity contribution in [2.75, 3.05) is 27.1 Å². The van der Waals surface area contributed by atoms with Gasteiger partial charge in [0.15, 0.2) is 14.6 Å². The number of hydrogen-bond donors (Lipinski definition) is 0. The van der Waals surface area contributed by atoms with E-state index in [2.05, 4.69) is 65.9 Å². The molecule has 0 radical (unpaired) electrons. The molecule has 2 aliphatic carbocycles. The van der Waals surface area contributed by atoms with Gasteiger partial charge in [-0.1, -0.05) is 113 Å². The van der Waals surface area contributed by atoms with E-state index in [9.17, 15) is 5.11 Å². The first-order chi connectivity index (χ1) is 22.8. The fourth-order valence-corrected chi connectivity index (χ4v) is 8.39. The number of ether oxygens (including phenoxy) is 5. The van der Waals surface area contributed by atoms with E-state index in [1.54, 1.807) is 7.11 Å². The van der Waals surface area contributed by atoms with E-state index >= 15 is 0 Å². The Labute approximate surface area is 338 Å². The second-order valence-corrected chi connectivity index (χ2v) is 20.6. The van der Waals surface area contributed by atoms with Gasteiger partial charge in [-0.05, 0) is 60.7 Å². The Hall–Kier alpha value is -0.667. The molecule has 0 unspecified atom stereocenters. The molecule has 0 aromatic heterocycles. The monoisotopic (exact) mass is 716 g/mol. The molecule has 2 bridgehead atoms. The van der Waals surface area contributed by atoms with Crippen molar-refractivity contribution in [2.24, 2.45) is 17.3 Å². The molecular formula is C40H57KO7Si. The van der Waals surface area contributed by atoms with Gasteiger partial charge in [-0.25, -0.2) is 0 Å². The Morgan fingerprint density at radius 1 is 1.00 bits per heavy atom. The zero-order valence-electron chi connectivity index (χ0n) is 31.3. The molecule has 0 N–H and O–H groups in total. The summed E-state index contributed by atoms with van der Waals surface area (Å²) in [5.41, 5.74) is 2.24. The Bertz CT molecular complexity index is 1390. The van der Waals surface area contributed by atoms with Crippen molar-refractivity contribution in [3.05, 3.63) is 95.3 Å². The van der Waals surface area contributed by atoms with Gasteiger partial charge in [0.2, 0.25) is 0 Å². The van der Waals surface area contributed by atoms with Gasteiger partial charge in [0.1, 0.15) is 12.4 Å². The number of methoxy groups -OCH3 is 1. The van der Waals surface area contributed by atoms with Gasteiger partial charge in [-0.3, -0.25) is 0 Å². The van der Waals surface area contributed by atoms with Crippen LogP contribution < -0.4 is 56.5 Å². The maximum atomic E-state index is 13.9. The topological polar surface area (TPSA) is 78.4 Å². The molecule has 7 nitrogen and oxygen atoms in total. The second kappa shape index (κ2) is 17.4. The van der Waals surface area contributed by atoms with Gasteiger partial charge in [-0.2, -0.15) is 0 Å². The van der Waals surface area contributed by atoms with Crippen LogP contribution in [-0.4, -0.2) is 53.2 Å². The largest absolute Gasteiger partial charge is 1.00 e. The Balaban J connectivity index is 0.00000541. The van der Waals surface area contributed by atoms with Crippen LogP contribution in [0.1, 0.15) is 77.7 Å². The quantitative estimate of drug-likeness (QED) is 0.172. The van der Waals surface area contributed by atoms with Crippen molar-refractivity contribution in [3.8, 4) is 0 Å². The SMILES string of the molecule is COCO[C@H]1/C([O-])=C\C[C@@H]([C@]2(OCc3ccccc3)CO[C@@H](c3ccccc3)O[C@H]2CCO[Si](C)(C)C(C)(C)C)/C=C2/CC[C@H]1C2(C)C.[K+]. The molecule has 49 heavy (non-hydrogen) atoms.